The van der Waals surface area contributed by atoms with E-state index in [1.807, 2.05) is 13.8 Å². The van der Waals surface area contributed by atoms with Crippen molar-refractivity contribution in [2.24, 2.45) is 5.92 Å². The van der Waals surface area contributed by atoms with E-state index < -0.39 is 12.2 Å². The summed E-state index contributed by atoms with van der Waals surface area (Å²) in [5.74, 6) is -0.231. The molecule has 3 atom stereocenters. The van der Waals surface area contributed by atoms with E-state index in [4.69, 9.17) is 9.47 Å². The first kappa shape index (κ1) is 17.7. The number of hydrogen-bond donors (Lipinski definition) is 2. The highest BCUT2D eigenvalue weighted by Gasteiger charge is 2.33. The van der Waals surface area contributed by atoms with Crippen LogP contribution in [0.4, 0.5) is 0 Å². The van der Waals surface area contributed by atoms with Gasteiger partial charge in [-0.25, -0.2) is 4.98 Å². The van der Waals surface area contributed by atoms with Crippen LogP contribution in [0.15, 0.2) is 18.3 Å². The van der Waals surface area contributed by atoms with Gasteiger partial charge in [-0.3, -0.25) is 4.79 Å². The Bertz CT molecular complexity index is 525. The van der Waals surface area contributed by atoms with Crippen LogP contribution in [0.3, 0.4) is 0 Å². The second-order valence-corrected chi connectivity index (χ2v) is 5.49. The number of amides is 1. The summed E-state index contributed by atoms with van der Waals surface area (Å²) in [5.41, 5.74) is 0.392. The Balaban J connectivity index is 2.12. The van der Waals surface area contributed by atoms with Gasteiger partial charge in [-0.1, -0.05) is 0 Å². The van der Waals surface area contributed by atoms with Gasteiger partial charge in [-0.15, -0.1) is 0 Å². The normalized spacial score (nSPS) is 24.3. The number of pyridine rings is 1. The largest absolute Gasteiger partial charge is 0.477 e. The van der Waals surface area contributed by atoms with Gasteiger partial charge >= 0.3 is 0 Å². The third-order valence-corrected chi connectivity index (χ3v) is 3.90. The highest BCUT2D eigenvalue weighted by molar-refractivity contribution is 5.96. The summed E-state index contributed by atoms with van der Waals surface area (Å²) in [6, 6.07) is 3.36. The first-order chi connectivity index (χ1) is 11.1. The van der Waals surface area contributed by atoms with Gasteiger partial charge in [-0.05, 0) is 26.0 Å². The van der Waals surface area contributed by atoms with Gasteiger partial charge in [-0.2, -0.15) is 0 Å². The van der Waals surface area contributed by atoms with Gasteiger partial charge < -0.3 is 24.6 Å². The molecular weight excluding hydrogens is 300 g/mol. The number of aliphatic hydroxyl groups excluding tert-OH is 2. The summed E-state index contributed by atoms with van der Waals surface area (Å²) in [5, 5.41) is 19.8. The smallest absolute Gasteiger partial charge is 0.259 e. The van der Waals surface area contributed by atoms with Crippen LogP contribution in [-0.4, -0.2) is 71.1 Å². The van der Waals surface area contributed by atoms with Crippen molar-refractivity contribution >= 4 is 5.91 Å². The second kappa shape index (κ2) is 8.24. The lowest BCUT2D eigenvalue weighted by Crippen LogP contribution is -2.49. The van der Waals surface area contributed by atoms with Gasteiger partial charge in [0.15, 0.2) is 0 Å². The fourth-order valence-corrected chi connectivity index (χ4v) is 2.63. The standard InChI is InChI=1S/C16H24N2O5/c1-3-18(8-11-9-22-10-13(19)14(11)20)16(21)12-6-5-7-17-15(12)23-4-2/h5-7,11,13-14,19-20H,3-4,8-10H2,1-2H3/t11-,13-,14+/m1/s1. The lowest BCUT2D eigenvalue weighted by molar-refractivity contribution is -0.123. The van der Waals surface area contributed by atoms with Crippen LogP contribution in [0, 0.1) is 5.92 Å². The summed E-state index contributed by atoms with van der Waals surface area (Å²) >= 11 is 0. The minimum Gasteiger partial charge on any atom is -0.477 e. The first-order valence-electron chi connectivity index (χ1n) is 7.89. The quantitative estimate of drug-likeness (QED) is 0.782. The van der Waals surface area contributed by atoms with Crippen LogP contribution in [0.2, 0.25) is 0 Å². The van der Waals surface area contributed by atoms with Crippen LogP contribution in [0.1, 0.15) is 24.2 Å². The lowest BCUT2D eigenvalue weighted by Gasteiger charge is -2.35. The number of nitrogens with zero attached hydrogens (tertiary/aromatic N) is 2. The molecule has 0 aliphatic carbocycles. The van der Waals surface area contributed by atoms with Crippen molar-refractivity contribution in [3.63, 3.8) is 0 Å². The summed E-state index contributed by atoms with van der Waals surface area (Å²) in [6.45, 7) is 5.32. The van der Waals surface area contributed by atoms with E-state index in [0.29, 0.717) is 37.7 Å². The average Bonchev–Trinajstić information content (AvgIpc) is 2.56. The molecule has 0 bridgehead atoms. The predicted molar refractivity (Wildman–Crippen MR) is 83.3 cm³/mol. The molecule has 2 rings (SSSR count). The molecule has 0 aromatic carbocycles. The number of carbonyl (C=O) groups is 1. The van der Waals surface area contributed by atoms with E-state index in [1.54, 1.807) is 23.2 Å². The highest BCUT2D eigenvalue weighted by Crippen LogP contribution is 2.21. The molecule has 0 unspecified atom stereocenters. The molecular formula is C16H24N2O5. The van der Waals surface area contributed by atoms with Crippen molar-refractivity contribution in [1.29, 1.82) is 0 Å². The Kier molecular flexibility index (Phi) is 6.32. The first-order valence-corrected chi connectivity index (χ1v) is 7.89. The molecule has 1 aliphatic rings. The lowest BCUT2D eigenvalue weighted by atomic mass is 9.95. The monoisotopic (exact) mass is 324 g/mol. The Hall–Kier alpha value is -1.70. The molecule has 1 aliphatic heterocycles. The molecule has 1 fully saturated rings. The molecule has 0 spiro atoms. The van der Waals surface area contributed by atoms with Crippen molar-refractivity contribution in [1.82, 2.24) is 9.88 Å². The van der Waals surface area contributed by atoms with Gasteiger partial charge in [0, 0.05) is 25.2 Å². The van der Waals surface area contributed by atoms with E-state index in [0.717, 1.165) is 0 Å². The zero-order chi connectivity index (χ0) is 16.8. The fourth-order valence-electron chi connectivity index (χ4n) is 2.63. The molecule has 2 N–H and O–H groups in total. The minimum absolute atomic E-state index is 0.120. The van der Waals surface area contributed by atoms with E-state index in [9.17, 15) is 15.0 Å². The molecule has 2 heterocycles. The maximum Gasteiger partial charge on any atom is 0.259 e. The molecule has 23 heavy (non-hydrogen) atoms. The number of rotatable bonds is 6. The van der Waals surface area contributed by atoms with Crippen LogP contribution in [-0.2, 0) is 4.74 Å². The zero-order valence-electron chi connectivity index (χ0n) is 13.5. The van der Waals surface area contributed by atoms with Crippen LogP contribution in [0.5, 0.6) is 5.88 Å². The molecule has 7 nitrogen and oxygen atoms in total. The van der Waals surface area contributed by atoms with Crippen LogP contribution >= 0.6 is 0 Å². The van der Waals surface area contributed by atoms with Gasteiger partial charge in [0.25, 0.3) is 5.91 Å². The number of ether oxygens (including phenoxy) is 2. The molecule has 1 aromatic heterocycles. The fraction of sp³-hybridized carbons (Fsp3) is 0.625. The van der Waals surface area contributed by atoms with Gasteiger partial charge in [0.2, 0.25) is 5.88 Å². The molecule has 0 radical (unpaired) electrons. The van der Waals surface area contributed by atoms with Crippen molar-refractivity contribution in [2.75, 3.05) is 32.9 Å². The van der Waals surface area contributed by atoms with E-state index in [1.165, 1.54) is 0 Å². The van der Waals surface area contributed by atoms with E-state index in [-0.39, 0.29) is 18.4 Å². The summed E-state index contributed by atoms with van der Waals surface area (Å²) in [6.07, 6.45) is -0.238. The second-order valence-electron chi connectivity index (χ2n) is 5.49. The van der Waals surface area contributed by atoms with Crippen LogP contribution in [0.25, 0.3) is 0 Å². The topological polar surface area (TPSA) is 92.1 Å². The SMILES string of the molecule is CCOc1ncccc1C(=O)N(CC)C[C@@H]1COC[C@@H](O)[C@H]1O. The number of hydrogen-bond acceptors (Lipinski definition) is 6. The van der Waals surface area contributed by atoms with Crippen molar-refractivity contribution < 1.29 is 24.5 Å². The van der Waals surface area contributed by atoms with Crippen molar-refractivity contribution in [3.05, 3.63) is 23.9 Å². The third kappa shape index (κ3) is 4.19. The Morgan fingerprint density at radius 3 is 2.91 bits per heavy atom. The summed E-state index contributed by atoms with van der Waals surface area (Å²) in [4.78, 5) is 18.5. The van der Waals surface area contributed by atoms with Crippen molar-refractivity contribution in [2.45, 2.75) is 26.1 Å². The third-order valence-electron chi connectivity index (χ3n) is 3.90. The predicted octanol–water partition coefficient (Wildman–Crippen LogP) is 0.311. The molecule has 1 saturated heterocycles. The average molecular weight is 324 g/mol. The van der Waals surface area contributed by atoms with E-state index >= 15 is 0 Å². The molecule has 1 amide bonds. The highest BCUT2D eigenvalue weighted by atomic mass is 16.5. The molecule has 128 valence electrons. The minimum atomic E-state index is -0.917. The summed E-state index contributed by atoms with van der Waals surface area (Å²) in [7, 11) is 0. The Morgan fingerprint density at radius 2 is 2.22 bits per heavy atom. The Morgan fingerprint density at radius 1 is 1.43 bits per heavy atom. The number of aromatic nitrogens is 1. The van der Waals surface area contributed by atoms with Crippen molar-refractivity contribution in [3.8, 4) is 5.88 Å². The molecule has 7 heteroatoms. The van der Waals surface area contributed by atoms with Crippen LogP contribution < -0.4 is 4.74 Å². The maximum absolute atomic E-state index is 12.8. The zero-order valence-corrected chi connectivity index (χ0v) is 13.5. The Labute approximate surface area is 135 Å². The van der Waals surface area contributed by atoms with Gasteiger partial charge in [0.05, 0.1) is 25.9 Å². The van der Waals surface area contributed by atoms with E-state index in [2.05, 4.69) is 4.98 Å². The maximum atomic E-state index is 12.8. The number of aliphatic hydroxyl groups is 2. The van der Waals surface area contributed by atoms with Gasteiger partial charge in [0.1, 0.15) is 11.7 Å². The summed E-state index contributed by atoms with van der Waals surface area (Å²) < 4.78 is 10.7. The molecule has 1 aromatic rings. The number of carbonyl (C=O) groups excluding carboxylic acids is 1. The molecule has 0 saturated carbocycles.